The SMILES string of the molecule is CCC(=O)N1CCC[C@@H](CC)CCC[C@@H](C)[C@@H]1/C=C\O[Si](C)(C)C(C)(C)C. The van der Waals surface area contributed by atoms with E-state index in [1.165, 1.54) is 32.1 Å². The largest absolute Gasteiger partial charge is 0.549 e. The number of nitrogens with zero attached hydrogens (tertiary/aromatic N) is 1. The van der Waals surface area contributed by atoms with Crippen molar-refractivity contribution in [3.63, 3.8) is 0 Å². The first-order valence-corrected chi connectivity index (χ1v) is 14.1. The predicted molar refractivity (Wildman–Crippen MR) is 119 cm³/mol. The molecule has 1 saturated heterocycles. The molecule has 0 saturated carbocycles. The third-order valence-electron chi connectivity index (χ3n) is 6.87. The number of amides is 1. The van der Waals surface area contributed by atoms with Crippen LogP contribution in [0.3, 0.4) is 0 Å². The highest BCUT2D eigenvalue weighted by molar-refractivity contribution is 6.74. The van der Waals surface area contributed by atoms with E-state index in [2.05, 4.69) is 58.7 Å². The maximum absolute atomic E-state index is 12.7. The average Bonchev–Trinajstić information content (AvgIpc) is 2.59. The van der Waals surface area contributed by atoms with Gasteiger partial charge in [0.05, 0.1) is 12.3 Å². The van der Waals surface area contributed by atoms with E-state index in [0.717, 1.165) is 18.9 Å². The molecule has 1 fully saturated rings. The third-order valence-corrected chi connectivity index (χ3v) is 11.2. The maximum Gasteiger partial charge on any atom is 0.249 e. The van der Waals surface area contributed by atoms with Crippen LogP contribution in [0.15, 0.2) is 12.3 Å². The zero-order valence-electron chi connectivity index (χ0n) is 19.3. The molecule has 3 atom stereocenters. The van der Waals surface area contributed by atoms with E-state index in [1.807, 2.05) is 13.2 Å². The fourth-order valence-electron chi connectivity index (χ4n) is 3.71. The molecule has 1 aliphatic heterocycles. The summed E-state index contributed by atoms with van der Waals surface area (Å²) in [6.07, 6.45) is 12.1. The fraction of sp³-hybridized carbons (Fsp3) is 0.870. The molecular formula is C23H45NO2Si. The van der Waals surface area contributed by atoms with Crippen LogP contribution in [0, 0.1) is 11.8 Å². The van der Waals surface area contributed by atoms with Crippen molar-refractivity contribution >= 4 is 14.2 Å². The molecule has 1 rings (SSSR count). The van der Waals surface area contributed by atoms with Gasteiger partial charge in [0, 0.05) is 13.0 Å². The Kier molecular flexibility index (Phi) is 9.60. The molecule has 1 amide bonds. The Labute approximate surface area is 170 Å². The Morgan fingerprint density at radius 1 is 1.15 bits per heavy atom. The lowest BCUT2D eigenvalue weighted by molar-refractivity contribution is -0.133. The second-order valence-corrected chi connectivity index (χ2v) is 14.7. The van der Waals surface area contributed by atoms with Gasteiger partial charge in [-0.05, 0) is 55.3 Å². The Balaban J connectivity index is 2.97. The van der Waals surface area contributed by atoms with Crippen molar-refractivity contribution in [3.8, 4) is 0 Å². The molecule has 0 aromatic carbocycles. The lowest BCUT2D eigenvalue weighted by Gasteiger charge is -2.37. The number of hydrogen-bond donors (Lipinski definition) is 0. The Morgan fingerprint density at radius 2 is 1.78 bits per heavy atom. The van der Waals surface area contributed by atoms with E-state index in [0.29, 0.717) is 12.3 Å². The molecule has 0 aliphatic carbocycles. The van der Waals surface area contributed by atoms with Gasteiger partial charge in [0.15, 0.2) is 0 Å². The van der Waals surface area contributed by atoms with Gasteiger partial charge in [-0.15, -0.1) is 0 Å². The quantitative estimate of drug-likeness (QED) is 0.380. The van der Waals surface area contributed by atoms with Crippen molar-refractivity contribution in [2.24, 2.45) is 11.8 Å². The first-order valence-electron chi connectivity index (χ1n) is 11.2. The van der Waals surface area contributed by atoms with Crippen molar-refractivity contribution < 1.29 is 9.22 Å². The van der Waals surface area contributed by atoms with Crippen molar-refractivity contribution in [1.82, 2.24) is 4.90 Å². The summed E-state index contributed by atoms with van der Waals surface area (Å²) in [6, 6.07) is 0.153. The third kappa shape index (κ3) is 7.28. The molecule has 0 aromatic rings. The fourth-order valence-corrected chi connectivity index (χ4v) is 4.49. The summed E-state index contributed by atoms with van der Waals surface area (Å²) in [6.45, 7) is 18.8. The van der Waals surface area contributed by atoms with Gasteiger partial charge in [0.25, 0.3) is 0 Å². The first-order chi connectivity index (χ1) is 12.5. The van der Waals surface area contributed by atoms with Crippen LogP contribution >= 0.6 is 0 Å². The Bertz CT molecular complexity index is 481. The second-order valence-electron chi connectivity index (χ2n) is 9.96. The molecule has 0 bridgehead atoms. The first kappa shape index (κ1) is 24.3. The number of carbonyl (C=O) groups excluding carboxylic acids is 1. The van der Waals surface area contributed by atoms with Crippen molar-refractivity contribution in [1.29, 1.82) is 0 Å². The number of carbonyl (C=O) groups is 1. The van der Waals surface area contributed by atoms with Gasteiger partial charge >= 0.3 is 0 Å². The summed E-state index contributed by atoms with van der Waals surface area (Å²) in [5, 5.41) is 0.188. The minimum Gasteiger partial charge on any atom is -0.549 e. The molecule has 4 heteroatoms. The van der Waals surface area contributed by atoms with Gasteiger partial charge in [0.2, 0.25) is 14.2 Å². The topological polar surface area (TPSA) is 29.5 Å². The Hall–Kier alpha value is -0.773. The molecule has 0 aromatic heterocycles. The molecule has 1 heterocycles. The van der Waals surface area contributed by atoms with Gasteiger partial charge in [0.1, 0.15) is 0 Å². The standard InChI is InChI=1S/C23H45NO2Si/c1-9-20-14-11-13-19(3)21(24(17-12-15-20)22(25)10-2)16-18-26-27(7,8)23(4,5)6/h16,18-21H,9-15,17H2,1-8H3/b18-16-/t19-,20+,21+/m1/s1. The molecule has 1 aliphatic rings. The zero-order valence-corrected chi connectivity index (χ0v) is 20.3. The summed E-state index contributed by atoms with van der Waals surface area (Å²) >= 11 is 0. The summed E-state index contributed by atoms with van der Waals surface area (Å²) in [7, 11) is -1.81. The molecule has 0 spiro atoms. The maximum atomic E-state index is 12.7. The molecule has 27 heavy (non-hydrogen) atoms. The van der Waals surface area contributed by atoms with Crippen molar-refractivity contribution in [2.75, 3.05) is 6.54 Å². The molecule has 3 nitrogen and oxygen atoms in total. The second kappa shape index (κ2) is 10.7. The Morgan fingerprint density at radius 3 is 2.33 bits per heavy atom. The van der Waals surface area contributed by atoms with Crippen LogP contribution in [0.25, 0.3) is 0 Å². The van der Waals surface area contributed by atoms with Crippen LogP contribution in [0.1, 0.15) is 86.5 Å². The molecular weight excluding hydrogens is 350 g/mol. The predicted octanol–water partition coefficient (Wildman–Crippen LogP) is 6.76. The van der Waals surface area contributed by atoms with Crippen molar-refractivity contribution in [3.05, 3.63) is 12.3 Å². The van der Waals surface area contributed by atoms with Crippen LogP contribution < -0.4 is 0 Å². The lowest BCUT2D eigenvalue weighted by Crippen LogP contribution is -2.44. The average molecular weight is 396 g/mol. The van der Waals surface area contributed by atoms with Crippen molar-refractivity contribution in [2.45, 2.75) is 111 Å². The van der Waals surface area contributed by atoms with Gasteiger partial charge in [-0.2, -0.15) is 0 Å². The van der Waals surface area contributed by atoms with Gasteiger partial charge in [-0.25, -0.2) is 0 Å². The molecule has 0 unspecified atom stereocenters. The van der Waals surface area contributed by atoms with Crippen LogP contribution in [0.5, 0.6) is 0 Å². The lowest BCUT2D eigenvalue weighted by atomic mass is 9.87. The minimum absolute atomic E-state index is 0.153. The van der Waals surface area contributed by atoms with E-state index in [4.69, 9.17) is 4.43 Å². The normalized spacial score (nSPS) is 26.2. The van der Waals surface area contributed by atoms with Crippen LogP contribution in [0.2, 0.25) is 18.1 Å². The van der Waals surface area contributed by atoms with Crippen LogP contribution in [-0.2, 0) is 9.22 Å². The number of hydrogen-bond acceptors (Lipinski definition) is 2. The summed E-state index contributed by atoms with van der Waals surface area (Å²) in [5.74, 6) is 1.57. The minimum atomic E-state index is -1.81. The number of rotatable bonds is 5. The monoisotopic (exact) mass is 395 g/mol. The molecule has 0 radical (unpaired) electrons. The zero-order chi connectivity index (χ0) is 20.7. The van der Waals surface area contributed by atoms with Gasteiger partial charge in [-0.3, -0.25) is 4.79 Å². The van der Waals surface area contributed by atoms with Crippen LogP contribution in [0.4, 0.5) is 0 Å². The van der Waals surface area contributed by atoms with E-state index in [1.54, 1.807) is 0 Å². The van der Waals surface area contributed by atoms with Gasteiger partial charge in [-0.1, -0.05) is 60.8 Å². The summed E-state index contributed by atoms with van der Waals surface area (Å²) < 4.78 is 6.29. The highest BCUT2D eigenvalue weighted by Gasteiger charge is 2.38. The van der Waals surface area contributed by atoms with Crippen LogP contribution in [-0.4, -0.2) is 31.7 Å². The van der Waals surface area contributed by atoms with E-state index >= 15 is 0 Å². The van der Waals surface area contributed by atoms with E-state index in [9.17, 15) is 4.79 Å². The summed E-state index contributed by atoms with van der Waals surface area (Å²) in [4.78, 5) is 14.8. The smallest absolute Gasteiger partial charge is 0.249 e. The van der Waals surface area contributed by atoms with E-state index in [-0.39, 0.29) is 17.0 Å². The molecule has 158 valence electrons. The highest BCUT2D eigenvalue weighted by Crippen LogP contribution is 2.37. The summed E-state index contributed by atoms with van der Waals surface area (Å²) in [5.41, 5.74) is 0. The molecule has 0 N–H and O–H groups in total. The highest BCUT2D eigenvalue weighted by atomic mass is 28.4. The van der Waals surface area contributed by atoms with Gasteiger partial charge < -0.3 is 9.33 Å². The van der Waals surface area contributed by atoms with E-state index < -0.39 is 8.32 Å².